The van der Waals surface area contributed by atoms with E-state index in [-0.39, 0.29) is 0 Å². The fourth-order valence-electron chi connectivity index (χ4n) is 2.43. The Morgan fingerprint density at radius 2 is 1.84 bits per heavy atom. The largest absolute Gasteiger partial charge is 0.480 e. The molecule has 0 saturated carbocycles. The summed E-state index contributed by atoms with van der Waals surface area (Å²) < 4.78 is 6.76. The SMILES string of the molecule is COc1ccc(Nc2ccc3ncc(-c4cnn(C)c4)cc3n2)nn1. The molecule has 124 valence electrons. The van der Waals surface area contributed by atoms with Crippen LogP contribution in [0.4, 0.5) is 11.6 Å². The first-order valence-corrected chi connectivity index (χ1v) is 7.62. The first-order chi connectivity index (χ1) is 12.2. The summed E-state index contributed by atoms with van der Waals surface area (Å²) in [6.07, 6.45) is 5.57. The summed E-state index contributed by atoms with van der Waals surface area (Å²) in [5.74, 6) is 1.71. The van der Waals surface area contributed by atoms with Gasteiger partial charge in [-0.3, -0.25) is 9.67 Å². The zero-order valence-electron chi connectivity index (χ0n) is 13.7. The second-order valence-electron chi connectivity index (χ2n) is 5.45. The van der Waals surface area contributed by atoms with Gasteiger partial charge in [0, 0.05) is 36.6 Å². The predicted molar refractivity (Wildman–Crippen MR) is 93.6 cm³/mol. The molecule has 0 aromatic carbocycles. The van der Waals surface area contributed by atoms with E-state index in [0.717, 1.165) is 22.2 Å². The number of hydrogen-bond acceptors (Lipinski definition) is 7. The molecule has 8 nitrogen and oxygen atoms in total. The third-order valence-electron chi connectivity index (χ3n) is 3.68. The fraction of sp³-hybridized carbons (Fsp3) is 0.118. The maximum absolute atomic E-state index is 5.00. The van der Waals surface area contributed by atoms with Crippen molar-refractivity contribution in [1.29, 1.82) is 0 Å². The Bertz CT molecular complexity index is 1030. The lowest BCUT2D eigenvalue weighted by Gasteiger charge is -2.06. The van der Waals surface area contributed by atoms with Crippen LogP contribution < -0.4 is 10.1 Å². The van der Waals surface area contributed by atoms with E-state index < -0.39 is 0 Å². The minimum absolute atomic E-state index is 0.460. The summed E-state index contributed by atoms with van der Waals surface area (Å²) in [5, 5.41) is 15.3. The van der Waals surface area contributed by atoms with Crippen LogP contribution in [0, 0.1) is 0 Å². The Kier molecular flexibility index (Phi) is 3.70. The van der Waals surface area contributed by atoms with Crippen LogP contribution in [0.15, 0.2) is 48.9 Å². The average Bonchev–Trinajstić information content (AvgIpc) is 3.08. The van der Waals surface area contributed by atoms with Gasteiger partial charge in [0.05, 0.1) is 24.3 Å². The summed E-state index contributed by atoms with van der Waals surface area (Å²) in [7, 11) is 3.43. The number of pyridine rings is 2. The molecule has 0 saturated heterocycles. The zero-order valence-corrected chi connectivity index (χ0v) is 13.7. The van der Waals surface area contributed by atoms with Crippen LogP contribution in [0.3, 0.4) is 0 Å². The van der Waals surface area contributed by atoms with Crippen molar-refractivity contribution in [2.24, 2.45) is 7.05 Å². The Hall–Kier alpha value is -3.55. The maximum Gasteiger partial charge on any atom is 0.233 e. The highest BCUT2D eigenvalue weighted by Crippen LogP contribution is 2.23. The van der Waals surface area contributed by atoms with Crippen LogP contribution in [0.5, 0.6) is 5.88 Å². The van der Waals surface area contributed by atoms with Gasteiger partial charge in [-0.2, -0.15) is 5.10 Å². The van der Waals surface area contributed by atoms with Crippen molar-refractivity contribution < 1.29 is 4.74 Å². The van der Waals surface area contributed by atoms with Crippen LogP contribution in [-0.2, 0) is 7.05 Å². The average molecular weight is 333 g/mol. The van der Waals surface area contributed by atoms with Crippen LogP contribution >= 0.6 is 0 Å². The molecule has 0 amide bonds. The second-order valence-corrected chi connectivity index (χ2v) is 5.45. The zero-order chi connectivity index (χ0) is 17.2. The van der Waals surface area contributed by atoms with Gasteiger partial charge in [-0.15, -0.1) is 10.2 Å². The molecule has 0 spiro atoms. The number of rotatable bonds is 4. The number of fused-ring (bicyclic) bond motifs is 1. The van der Waals surface area contributed by atoms with Gasteiger partial charge in [-0.1, -0.05) is 0 Å². The van der Waals surface area contributed by atoms with E-state index in [4.69, 9.17) is 4.74 Å². The van der Waals surface area contributed by atoms with Gasteiger partial charge in [-0.05, 0) is 24.3 Å². The predicted octanol–water partition coefficient (Wildman–Crippen LogP) is 2.57. The quantitative estimate of drug-likeness (QED) is 0.614. The lowest BCUT2D eigenvalue weighted by molar-refractivity contribution is 0.392. The molecule has 4 aromatic rings. The van der Waals surface area contributed by atoms with Gasteiger partial charge in [0.15, 0.2) is 5.82 Å². The lowest BCUT2D eigenvalue weighted by Crippen LogP contribution is -1.99. The number of hydrogen-bond donors (Lipinski definition) is 1. The van der Waals surface area contributed by atoms with Gasteiger partial charge < -0.3 is 10.1 Å². The smallest absolute Gasteiger partial charge is 0.233 e. The van der Waals surface area contributed by atoms with Crippen molar-refractivity contribution in [3.63, 3.8) is 0 Å². The van der Waals surface area contributed by atoms with Crippen molar-refractivity contribution in [2.45, 2.75) is 0 Å². The molecule has 4 aromatic heterocycles. The van der Waals surface area contributed by atoms with E-state index in [0.29, 0.717) is 17.5 Å². The molecule has 25 heavy (non-hydrogen) atoms. The normalized spacial score (nSPS) is 10.8. The molecular formula is C17H15N7O. The number of anilines is 2. The van der Waals surface area contributed by atoms with Gasteiger partial charge in [-0.25, -0.2) is 4.98 Å². The van der Waals surface area contributed by atoms with Crippen molar-refractivity contribution in [3.8, 4) is 17.0 Å². The summed E-state index contributed by atoms with van der Waals surface area (Å²) >= 11 is 0. The molecule has 0 unspecified atom stereocenters. The lowest BCUT2D eigenvalue weighted by atomic mass is 10.1. The number of aryl methyl sites for hydroxylation is 1. The molecule has 0 fully saturated rings. The summed E-state index contributed by atoms with van der Waals surface area (Å²) in [4.78, 5) is 9.07. The minimum atomic E-state index is 0.460. The van der Waals surface area contributed by atoms with Crippen molar-refractivity contribution in [1.82, 2.24) is 29.9 Å². The molecular weight excluding hydrogens is 318 g/mol. The monoisotopic (exact) mass is 333 g/mol. The highest BCUT2D eigenvalue weighted by atomic mass is 16.5. The van der Waals surface area contributed by atoms with Crippen LogP contribution in [0.25, 0.3) is 22.2 Å². The van der Waals surface area contributed by atoms with E-state index in [1.807, 2.05) is 37.6 Å². The topological polar surface area (TPSA) is 90.6 Å². The number of nitrogens with one attached hydrogen (secondary N) is 1. The number of aromatic nitrogens is 6. The Morgan fingerprint density at radius 3 is 2.56 bits per heavy atom. The van der Waals surface area contributed by atoms with Gasteiger partial charge in [0.25, 0.3) is 0 Å². The van der Waals surface area contributed by atoms with E-state index >= 15 is 0 Å². The van der Waals surface area contributed by atoms with E-state index in [2.05, 4.69) is 30.6 Å². The molecule has 0 bridgehead atoms. The number of methoxy groups -OCH3 is 1. The van der Waals surface area contributed by atoms with Gasteiger partial charge >= 0.3 is 0 Å². The Labute approximate surface area is 143 Å². The van der Waals surface area contributed by atoms with E-state index in [9.17, 15) is 0 Å². The first-order valence-electron chi connectivity index (χ1n) is 7.62. The number of ether oxygens (including phenoxy) is 1. The minimum Gasteiger partial charge on any atom is -0.480 e. The van der Waals surface area contributed by atoms with Crippen LogP contribution in [-0.4, -0.2) is 37.1 Å². The molecule has 4 rings (SSSR count). The van der Waals surface area contributed by atoms with Gasteiger partial charge in [0.1, 0.15) is 5.82 Å². The molecule has 1 N–H and O–H groups in total. The highest BCUT2D eigenvalue weighted by Gasteiger charge is 2.06. The Balaban J connectivity index is 1.65. The van der Waals surface area contributed by atoms with Crippen molar-refractivity contribution in [2.75, 3.05) is 12.4 Å². The molecule has 0 aliphatic carbocycles. The highest BCUT2D eigenvalue weighted by molar-refractivity contribution is 5.81. The molecule has 0 aliphatic heterocycles. The molecule has 0 radical (unpaired) electrons. The third kappa shape index (κ3) is 3.09. The van der Waals surface area contributed by atoms with Crippen LogP contribution in [0.2, 0.25) is 0 Å². The van der Waals surface area contributed by atoms with E-state index in [1.165, 1.54) is 0 Å². The van der Waals surface area contributed by atoms with E-state index in [1.54, 1.807) is 30.1 Å². The van der Waals surface area contributed by atoms with Crippen LogP contribution in [0.1, 0.15) is 0 Å². The van der Waals surface area contributed by atoms with Gasteiger partial charge in [0.2, 0.25) is 5.88 Å². The summed E-state index contributed by atoms with van der Waals surface area (Å²) in [6.45, 7) is 0. The van der Waals surface area contributed by atoms with Crippen molar-refractivity contribution >= 4 is 22.7 Å². The molecule has 0 atom stereocenters. The third-order valence-corrected chi connectivity index (χ3v) is 3.68. The molecule has 4 heterocycles. The summed E-state index contributed by atoms with van der Waals surface area (Å²) in [5.41, 5.74) is 3.57. The molecule has 8 heteroatoms. The number of nitrogens with zero attached hydrogens (tertiary/aromatic N) is 6. The summed E-state index contributed by atoms with van der Waals surface area (Å²) in [6, 6.07) is 9.27. The second kappa shape index (κ2) is 6.16. The fourth-order valence-corrected chi connectivity index (χ4v) is 2.43. The maximum atomic E-state index is 5.00. The first kappa shape index (κ1) is 15.0. The molecule has 0 aliphatic rings. The standard InChI is InChI=1S/C17H15N7O/c1-24-10-12(9-19-24)11-7-14-13(18-8-11)3-4-15(20-14)21-16-5-6-17(25-2)23-22-16/h3-10H,1-2H3,(H,20,21,22). The Morgan fingerprint density at radius 1 is 0.960 bits per heavy atom. The van der Waals surface area contributed by atoms with Crippen molar-refractivity contribution in [3.05, 3.63) is 48.9 Å².